The lowest BCUT2D eigenvalue weighted by molar-refractivity contribution is 0.101. The van der Waals surface area contributed by atoms with Crippen LogP contribution in [0.1, 0.15) is 28.4 Å². The van der Waals surface area contributed by atoms with E-state index in [0.717, 1.165) is 15.6 Å². The summed E-state index contributed by atoms with van der Waals surface area (Å²) in [4.78, 5) is 15.4. The maximum atomic E-state index is 11.3. The molecule has 0 spiro atoms. The molecule has 0 saturated heterocycles. The van der Waals surface area contributed by atoms with Gasteiger partial charge < -0.3 is 4.74 Å². The van der Waals surface area contributed by atoms with Crippen LogP contribution in [0.3, 0.4) is 0 Å². The number of hydrogen-bond donors (Lipinski definition) is 0. The monoisotopic (exact) mass is 319 g/mol. The summed E-state index contributed by atoms with van der Waals surface area (Å²) in [5.41, 5.74) is 2.78. The fraction of sp³-hybridized carbons (Fsp3) is 0.200. The number of carbonyl (C=O) groups excluding carboxylic acids is 1. The van der Waals surface area contributed by atoms with Crippen molar-refractivity contribution >= 4 is 21.7 Å². The van der Waals surface area contributed by atoms with Gasteiger partial charge in [-0.2, -0.15) is 0 Å². The van der Waals surface area contributed by atoms with Crippen LogP contribution in [0.15, 0.2) is 34.9 Å². The maximum Gasteiger partial charge on any atom is 0.219 e. The number of ether oxygens (including phenoxy) is 1. The molecular weight excluding hydrogens is 306 g/mol. The Morgan fingerprint density at radius 3 is 2.42 bits per heavy atom. The van der Waals surface area contributed by atoms with E-state index in [-0.39, 0.29) is 5.78 Å². The first-order valence-electron chi connectivity index (χ1n) is 5.89. The third kappa shape index (κ3) is 3.20. The van der Waals surface area contributed by atoms with Crippen molar-refractivity contribution in [2.75, 3.05) is 0 Å². The van der Waals surface area contributed by atoms with Gasteiger partial charge in [-0.3, -0.25) is 4.79 Å². The van der Waals surface area contributed by atoms with Gasteiger partial charge in [0.15, 0.2) is 5.78 Å². The predicted octanol–water partition coefficient (Wildman–Crippen LogP) is 4.46. The van der Waals surface area contributed by atoms with Gasteiger partial charge in [0.2, 0.25) is 5.88 Å². The zero-order valence-corrected chi connectivity index (χ0v) is 12.6. The Morgan fingerprint density at radius 1 is 1.21 bits per heavy atom. The van der Waals surface area contributed by atoms with Gasteiger partial charge in [-0.1, -0.05) is 15.9 Å². The highest BCUT2D eigenvalue weighted by atomic mass is 79.9. The first-order valence-corrected chi connectivity index (χ1v) is 6.68. The molecule has 1 heterocycles. The van der Waals surface area contributed by atoms with Crippen LogP contribution in [0.5, 0.6) is 11.6 Å². The number of rotatable bonds is 3. The molecular formula is C15H14BrNO2. The zero-order valence-electron chi connectivity index (χ0n) is 11.0. The van der Waals surface area contributed by atoms with E-state index in [2.05, 4.69) is 20.9 Å². The smallest absolute Gasteiger partial charge is 0.219 e. The highest BCUT2D eigenvalue weighted by Gasteiger charge is 2.06. The molecule has 19 heavy (non-hydrogen) atoms. The molecule has 0 saturated carbocycles. The predicted molar refractivity (Wildman–Crippen MR) is 77.9 cm³/mol. The van der Waals surface area contributed by atoms with E-state index in [1.165, 1.54) is 6.92 Å². The Morgan fingerprint density at radius 2 is 1.84 bits per heavy atom. The van der Waals surface area contributed by atoms with Crippen LogP contribution < -0.4 is 4.74 Å². The summed E-state index contributed by atoms with van der Waals surface area (Å²) >= 11 is 3.51. The van der Waals surface area contributed by atoms with Gasteiger partial charge in [0, 0.05) is 22.3 Å². The Hall–Kier alpha value is -1.68. The second-order valence-corrected chi connectivity index (χ2v) is 5.21. The van der Waals surface area contributed by atoms with Gasteiger partial charge in [-0.15, -0.1) is 0 Å². The Bertz CT molecular complexity index is 615. The number of Topliss-reactive ketones (excluding diaryl/α,β-unsaturated/α-hetero) is 1. The number of benzene rings is 1. The quantitative estimate of drug-likeness (QED) is 0.784. The molecule has 1 aromatic heterocycles. The number of hydrogen-bond acceptors (Lipinski definition) is 3. The summed E-state index contributed by atoms with van der Waals surface area (Å²) in [6, 6.07) is 7.18. The van der Waals surface area contributed by atoms with E-state index in [4.69, 9.17) is 4.74 Å². The summed E-state index contributed by atoms with van der Waals surface area (Å²) in [6.45, 7) is 5.53. The number of carbonyl (C=O) groups is 1. The summed E-state index contributed by atoms with van der Waals surface area (Å²) in [6.07, 6.45) is 1.57. The van der Waals surface area contributed by atoms with Crippen molar-refractivity contribution in [3.63, 3.8) is 0 Å². The number of aromatic nitrogens is 1. The van der Waals surface area contributed by atoms with Crippen molar-refractivity contribution < 1.29 is 9.53 Å². The number of halogens is 1. The van der Waals surface area contributed by atoms with Crippen molar-refractivity contribution in [2.45, 2.75) is 20.8 Å². The van der Waals surface area contributed by atoms with Crippen LogP contribution >= 0.6 is 15.9 Å². The fourth-order valence-electron chi connectivity index (χ4n) is 1.77. The summed E-state index contributed by atoms with van der Waals surface area (Å²) in [7, 11) is 0. The number of pyridine rings is 1. The zero-order chi connectivity index (χ0) is 14.0. The van der Waals surface area contributed by atoms with E-state index in [1.54, 1.807) is 18.3 Å². The molecule has 0 fully saturated rings. The first-order chi connectivity index (χ1) is 8.97. The van der Waals surface area contributed by atoms with E-state index in [9.17, 15) is 4.79 Å². The molecule has 3 nitrogen and oxygen atoms in total. The molecule has 0 N–H and O–H groups in total. The number of ketones is 1. The first kappa shape index (κ1) is 13.7. The third-order valence-electron chi connectivity index (χ3n) is 2.77. The molecule has 2 aromatic rings. The Labute approximate surface area is 120 Å². The van der Waals surface area contributed by atoms with E-state index >= 15 is 0 Å². The molecule has 0 unspecified atom stereocenters. The maximum absolute atomic E-state index is 11.3. The van der Waals surface area contributed by atoms with Gasteiger partial charge >= 0.3 is 0 Å². The second kappa shape index (κ2) is 5.53. The third-order valence-corrected chi connectivity index (χ3v) is 4.02. The van der Waals surface area contributed by atoms with Gasteiger partial charge in [0.1, 0.15) is 5.75 Å². The van der Waals surface area contributed by atoms with Crippen LogP contribution in [0.25, 0.3) is 0 Å². The lowest BCUT2D eigenvalue weighted by Crippen LogP contribution is -1.95. The minimum Gasteiger partial charge on any atom is -0.439 e. The molecule has 0 aliphatic carbocycles. The SMILES string of the molecule is CC(=O)c1ccnc(Oc2cc(C)c(Br)c(C)c2)c1. The molecule has 0 atom stereocenters. The average molecular weight is 320 g/mol. The lowest BCUT2D eigenvalue weighted by atomic mass is 10.1. The second-order valence-electron chi connectivity index (χ2n) is 4.41. The van der Waals surface area contributed by atoms with E-state index in [0.29, 0.717) is 17.2 Å². The van der Waals surface area contributed by atoms with Crippen molar-refractivity contribution in [1.82, 2.24) is 4.98 Å². The molecule has 0 radical (unpaired) electrons. The summed E-state index contributed by atoms with van der Waals surface area (Å²) < 4.78 is 6.78. The van der Waals surface area contributed by atoms with Crippen molar-refractivity contribution in [1.29, 1.82) is 0 Å². The molecule has 0 aliphatic rings. The van der Waals surface area contributed by atoms with Gasteiger partial charge in [-0.05, 0) is 50.1 Å². The van der Waals surface area contributed by atoms with E-state index < -0.39 is 0 Å². The standard InChI is InChI=1S/C15H14BrNO2/c1-9-6-13(7-10(2)15(9)16)19-14-8-12(11(3)18)4-5-17-14/h4-8H,1-3H3. The van der Waals surface area contributed by atoms with Crippen LogP contribution in [-0.2, 0) is 0 Å². The molecule has 4 heteroatoms. The molecule has 98 valence electrons. The molecule has 0 bridgehead atoms. The van der Waals surface area contributed by atoms with Crippen LogP contribution in [0.4, 0.5) is 0 Å². The highest BCUT2D eigenvalue weighted by Crippen LogP contribution is 2.28. The highest BCUT2D eigenvalue weighted by molar-refractivity contribution is 9.10. The lowest BCUT2D eigenvalue weighted by Gasteiger charge is -2.09. The van der Waals surface area contributed by atoms with Gasteiger partial charge in [-0.25, -0.2) is 4.98 Å². The van der Waals surface area contributed by atoms with Gasteiger partial charge in [0.05, 0.1) is 0 Å². The number of nitrogens with zero attached hydrogens (tertiary/aromatic N) is 1. The minimum atomic E-state index is -0.00424. The van der Waals surface area contributed by atoms with Crippen molar-refractivity contribution in [3.8, 4) is 11.6 Å². The molecule has 1 aromatic carbocycles. The van der Waals surface area contributed by atoms with Crippen LogP contribution in [-0.4, -0.2) is 10.8 Å². The average Bonchev–Trinajstić information content (AvgIpc) is 2.36. The van der Waals surface area contributed by atoms with E-state index in [1.807, 2.05) is 26.0 Å². The minimum absolute atomic E-state index is 0.00424. The summed E-state index contributed by atoms with van der Waals surface area (Å²) in [5.74, 6) is 1.13. The van der Waals surface area contributed by atoms with Crippen LogP contribution in [0, 0.1) is 13.8 Å². The van der Waals surface area contributed by atoms with Crippen LogP contribution in [0.2, 0.25) is 0 Å². The Kier molecular flexibility index (Phi) is 4.00. The van der Waals surface area contributed by atoms with Crippen molar-refractivity contribution in [2.24, 2.45) is 0 Å². The Balaban J connectivity index is 2.31. The fourth-order valence-corrected chi connectivity index (χ4v) is 2.00. The largest absolute Gasteiger partial charge is 0.439 e. The van der Waals surface area contributed by atoms with Crippen molar-refractivity contribution in [3.05, 3.63) is 51.6 Å². The normalized spacial score (nSPS) is 10.3. The molecule has 0 aliphatic heterocycles. The number of aryl methyl sites for hydroxylation is 2. The topological polar surface area (TPSA) is 39.2 Å². The summed E-state index contributed by atoms with van der Waals surface area (Å²) in [5, 5.41) is 0. The van der Waals surface area contributed by atoms with Gasteiger partial charge in [0.25, 0.3) is 0 Å². The molecule has 2 rings (SSSR count). The molecule has 0 amide bonds.